The highest BCUT2D eigenvalue weighted by Gasteiger charge is 1.98. The lowest BCUT2D eigenvalue weighted by Gasteiger charge is -1.94. The first-order valence-corrected chi connectivity index (χ1v) is 2.64. The highest BCUT2D eigenvalue weighted by atomic mass is 16.7. The van der Waals surface area contributed by atoms with Crippen molar-refractivity contribution in [2.45, 2.75) is 6.42 Å². The van der Waals surface area contributed by atoms with Crippen LogP contribution in [0.2, 0.25) is 0 Å². The summed E-state index contributed by atoms with van der Waals surface area (Å²) < 4.78 is 0. The molecule has 0 aromatic heterocycles. The molecule has 0 saturated heterocycles. The van der Waals surface area contributed by atoms with Crippen molar-refractivity contribution in [3.05, 3.63) is 0 Å². The third-order valence-electron chi connectivity index (χ3n) is 0.723. The van der Waals surface area contributed by atoms with Crippen LogP contribution in [0, 0.1) is 0 Å². The molecule has 0 aliphatic carbocycles. The molecule has 5 nitrogen and oxygen atoms in total. The van der Waals surface area contributed by atoms with E-state index in [-0.39, 0.29) is 13.0 Å². The van der Waals surface area contributed by atoms with E-state index in [1.165, 1.54) is 0 Å². The van der Waals surface area contributed by atoms with Gasteiger partial charge in [0.15, 0.2) is 0 Å². The molecule has 0 rings (SSSR count). The van der Waals surface area contributed by atoms with Crippen molar-refractivity contribution in [2.24, 2.45) is 5.16 Å². The van der Waals surface area contributed by atoms with Gasteiger partial charge >= 0.3 is 5.97 Å². The molecule has 5 heteroatoms. The third kappa shape index (κ3) is 4.76. The summed E-state index contributed by atoms with van der Waals surface area (Å²) in [6.07, 6.45) is 0.617. The Bertz CT molecular complexity index is 135. The monoisotopic (exact) mass is 144 g/mol. The van der Waals surface area contributed by atoms with Gasteiger partial charge in [-0.25, -0.2) is 4.79 Å². The van der Waals surface area contributed by atoms with E-state index in [1.807, 2.05) is 0 Å². The molecule has 0 aromatic carbocycles. The summed E-state index contributed by atoms with van der Waals surface area (Å²) in [6, 6.07) is 0. The van der Waals surface area contributed by atoms with Crippen LogP contribution in [0.3, 0.4) is 0 Å². The third-order valence-corrected chi connectivity index (χ3v) is 0.723. The maximum absolute atomic E-state index is 10.4. The molecule has 0 unspecified atom stereocenters. The van der Waals surface area contributed by atoms with Crippen LogP contribution in [0.15, 0.2) is 5.16 Å². The van der Waals surface area contributed by atoms with Crippen LogP contribution >= 0.6 is 0 Å². The lowest BCUT2D eigenvalue weighted by Crippen LogP contribution is -2.16. The minimum absolute atomic E-state index is 0.109. The number of rotatable bonds is 5. The summed E-state index contributed by atoms with van der Waals surface area (Å²) in [4.78, 5) is 24.2. The van der Waals surface area contributed by atoms with Gasteiger partial charge < -0.3 is 10.2 Å². The molecule has 0 aliphatic rings. The molecule has 0 spiro atoms. The highest BCUT2D eigenvalue weighted by Crippen LogP contribution is 1.82. The second-order valence-corrected chi connectivity index (χ2v) is 1.41. The summed E-state index contributed by atoms with van der Waals surface area (Å²) in [5.41, 5.74) is 0. The SMILES string of the molecule is C=NOC(=O)CCNC=O. The Balaban J connectivity index is 3.20. The van der Waals surface area contributed by atoms with Gasteiger partial charge in [-0.15, -0.1) is 0 Å². The first-order chi connectivity index (χ1) is 4.81. The van der Waals surface area contributed by atoms with Gasteiger partial charge in [0.2, 0.25) is 6.41 Å². The number of hydrogen-bond donors (Lipinski definition) is 1. The van der Waals surface area contributed by atoms with Gasteiger partial charge in [-0.2, -0.15) is 0 Å². The Morgan fingerprint density at radius 2 is 2.50 bits per heavy atom. The summed E-state index contributed by atoms with van der Waals surface area (Å²) in [5.74, 6) is -0.510. The molecule has 56 valence electrons. The van der Waals surface area contributed by atoms with E-state index in [9.17, 15) is 9.59 Å². The molecule has 0 heterocycles. The summed E-state index contributed by atoms with van der Waals surface area (Å²) in [6.45, 7) is 3.21. The normalized spacial score (nSPS) is 8.00. The number of nitrogens with one attached hydrogen (secondary N) is 1. The van der Waals surface area contributed by atoms with E-state index < -0.39 is 5.97 Å². The molecule has 0 atom stereocenters. The smallest absolute Gasteiger partial charge is 0.336 e. The fourth-order valence-electron chi connectivity index (χ4n) is 0.351. The molecule has 10 heavy (non-hydrogen) atoms. The highest BCUT2D eigenvalue weighted by molar-refractivity contribution is 5.69. The van der Waals surface area contributed by atoms with E-state index in [0.717, 1.165) is 0 Å². The van der Waals surface area contributed by atoms with Crippen molar-refractivity contribution in [3.8, 4) is 0 Å². The molecule has 0 bridgehead atoms. The summed E-state index contributed by atoms with van der Waals surface area (Å²) in [7, 11) is 0. The maximum Gasteiger partial charge on any atom is 0.336 e. The van der Waals surface area contributed by atoms with Gasteiger partial charge in [0.05, 0.1) is 6.42 Å². The predicted octanol–water partition coefficient (Wildman–Crippen LogP) is -0.719. The van der Waals surface area contributed by atoms with Crippen LogP contribution in [0.5, 0.6) is 0 Å². The van der Waals surface area contributed by atoms with Crippen molar-refractivity contribution in [3.63, 3.8) is 0 Å². The number of nitrogens with zero attached hydrogens (tertiary/aromatic N) is 1. The van der Waals surface area contributed by atoms with Gasteiger partial charge in [0.25, 0.3) is 0 Å². The number of amides is 1. The molecule has 0 radical (unpaired) electrons. The van der Waals surface area contributed by atoms with Crippen molar-refractivity contribution in [1.29, 1.82) is 0 Å². The first kappa shape index (κ1) is 8.61. The van der Waals surface area contributed by atoms with Crippen molar-refractivity contribution in [2.75, 3.05) is 6.54 Å². The summed E-state index contributed by atoms with van der Waals surface area (Å²) >= 11 is 0. The number of hydrogen-bond acceptors (Lipinski definition) is 4. The zero-order chi connectivity index (χ0) is 7.82. The van der Waals surface area contributed by atoms with E-state index in [4.69, 9.17) is 0 Å². The number of oxime groups is 1. The average molecular weight is 144 g/mol. The van der Waals surface area contributed by atoms with Crippen LogP contribution in [0.25, 0.3) is 0 Å². The average Bonchev–Trinajstić information content (AvgIpc) is 1.89. The zero-order valence-electron chi connectivity index (χ0n) is 5.37. The van der Waals surface area contributed by atoms with E-state index in [0.29, 0.717) is 6.41 Å². The molecule has 1 N–H and O–H groups in total. The topological polar surface area (TPSA) is 67.8 Å². The van der Waals surface area contributed by atoms with Gasteiger partial charge in [-0.1, -0.05) is 5.16 Å². The minimum atomic E-state index is -0.510. The Morgan fingerprint density at radius 1 is 1.80 bits per heavy atom. The van der Waals surface area contributed by atoms with Crippen molar-refractivity contribution < 1.29 is 14.4 Å². The van der Waals surface area contributed by atoms with Gasteiger partial charge in [-0.05, 0) is 0 Å². The lowest BCUT2D eigenvalue weighted by atomic mass is 10.4. The molecule has 0 saturated carbocycles. The Kier molecular flexibility index (Phi) is 4.94. The number of carbonyl (C=O) groups excluding carboxylic acids is 2. The fourth-order valence-corrected chi connectivity index (χ4v) is 0.351. The van der Waals surface area contributed by atoms with Gasteiger partial charge in [0, 0.05) is 13.3 Å². The predicted molar refractivity (Wildman–Crippen MR) is 34.3 cm³/mol. The van der Waals surface area contributed by atoms with Gasteiger partial charge in [0.1, 0.15) is 0 Å². The Hall–Kier alpha value is -1.39. The quantitative estimate of drug-likeness (QED) is 0.182. The van der Waals surface area contributed by atoms with Crippen LogP contribution < -0.4 is 5.32 Å². The second kappa shape index (κ2) is 5.74. The van der Waals surface area contributed by atoms with Crippen LogP contribution in [0.1, 0.15) is 6.42 Å². The summed E-state index contributed by atoms with van der Waals surface area (Å²) in [5, 5.41) is 5.19. The van der Waals surface area contributed by atoms with E-state index >= 15 is 0 Å². The van der Waals surface area contributed by atoms with Gasteiger partial charge in [-0.3, -0.25) is 4.79 Å². The Labute approximate surface area is 58.0 Å². The Morgan fingerprint density at radius 3 is 3.00 bits per heavy atom. The fraction of sp³-hybridized carbons (Fsp3) is 0.400. The number of carbonyl (C=O) groups is 2. The molecule has 0 fully saturated rings. The van der Waals surface area contributed by atoms with E-state index in [1.54, 1.807) is 0 Å². The van der Waals surface area contributed by atoms with Crippen LogP contribution in [-0.4, -0.2) is 25.6 Å². The molecular formula is C5H8N2O3. The molecule has 1 amide bonds. The lowest BCUT2D eigenvalue weighted by molar-refractivity contribution is -0.143. The largest absolute Gasteiger partial charge is 0.358 e. The van der Waals surface area contributed by atoms with Crippen LogP contribution in [-0.2, 0) is 14.4 Å². The van der Waals surface area contributed by atoms with E-state index in [2.05, 4.69) is 22.0 Å². The molecular weight excluding hydrogens is 136 g/mol. The first-order valence-electron chi connectivity index (χ1n) is 2.64. The van der Waals surface area contributed by atoms with Crippen LogP contribution in [0.4, 0.5) is 0 Å². The standard InChI is InChI=1S/C5H8N2O3/c1-6-10-5(9)2-3-7-4-8/h4H,1-3H2,(H,7,8). The van der Waals surface area contributed by atoms with Crippen molar-refractivity contribution in [1.82, 2.24) is 5.32 Å². The van der Waals surface area contributed by atoms with Crippen molar-refractivity contribution >= 4 is 19.1 Å². The maximum atomic E-state index is 10.4. The molecule has 0 aliphatic heterocycles. The minimum Gasteiger partial charge on any atom is -0.358 e. The molecule has 0 aromatic rings. The zero-order valence-corrected chi connectivity index (χ0v) is 5.37. The second-order valence-electron chi connectivity index (χ2n) is 1.41.